The molecule has 21 heavy (non-hydrogen) atoms. The third kappa shape index (κ3) is 24.6. The normalized spacial score (nSPS) is 9.67. The molecule has 126 valence electrons. The Balaban J connectivity index is 0. The molecule has 0 heterocycles. The molecule has 0 aliphatic heterocycles. The first-order valence-electron chi connectivity index (χ1n) is 8.83. The average molecular weight is 299 g/mol. The number of carbonyl (C=O) groups is 1. The van der Waals surface area contributed by atoms with Crippen LogP contribution in [-0.2, 0) is 4.79 Å². The zero-order valence-corrected chi connectivity index (χ0v) is 14.7. The Morgan fingerprint density at radius 3 is 1.71 bits per heavy atom. The average Bonchev–Trinajstić information content (AvgIpc) is 2.51. The fourth-order valence-electron chi connectivity index (χ4n) is 1.80. The van der Waals surface area contributed by atoms with Gasteiger partial charge in [0.05, 0.1) is 0 Å². The molecule has 1 amide bonds. The maximum Gasteiger partial charge on any atom is 0.243 e. The topological polar surface area (TPSA) is 41.1 Å². The van der Waals surface area contributed by atoms with Gasteiger partial charge >= 0.3 is 0 Å². The van der Waals surface area contributed by atoms with Gasteiger partial charge in [-0.15, -0.1) is 0 Å². The van der Waals surface area contributed by atoms with Gasteiger partial charge in [-0.3, -0.25) is 4.79 Å². The standard InChI is InChI=1S/C12H27N.C6H11NO/c1-3-5-7-9-11-13-12-10-8-6-4-2;1-3-5-7-6(8)4-2/h13H,3-12H2,1-2H3;4H,2-3,5H2,1H3,(H,7,8). The van der Waals surface area contributed by atoms with Gasteiger partial charge in [0.2, 0.25) is 5.91 Å². The van der Waals surface area contributed by atoms with Crippen molar-refractivity contribution in [2.45, 2.75) is 78.6 Å². The van der Waals surface area contributed by atoms with E-state index in [9.17, 15) is 4.79 Å². The lowest BCUT2D eigenvalue weighted by Crippen LogP contribution is -2.20. The van der Waals surface area contributed by atoms with Crippen LogP contribution in [-0.4, -0.2) is 25.5 Å². The maximum atomic E-state index is 10.3. The SMILES string of the molecule is C=CC(=O)NCCC.CCCCCCNCCCCCC. The van der Waals surface area contributed by atoms with E-state index in [4.69, 9.17) is 0 Å². The number of hydrogen-bond donors (Lipinski definition) is 2. The summed E-state index contributed by atoms with van der Waals surface area (Å²) in [5, 5.41) is 6.13. The van der Waals surface area contributed by atoms with E-state index in [1.54, 1.807) is 0 Å². The van der Waals surface area contributed by atoms with Crippen LogP contribution in [0.4, 0.5) is 0 Å². The van der Waals surface area contributed by atoms with Crippen LogP contribution in [0.25, 0.3) is 0 Å². The van der Waals surface area contributed by atoms with Crippen molar-refractivity contribution < 1.29 is 4.79 Å². The van der Waals surface area contributed by atoms with E-state index in [0.29, 0.717) is 0 Å². The molecule has 0 atom stereocenters. The second-order valence-electron chi connectivity index (χ2n) is 5.37. The molecule has 0 saturated heterocycles. The molecule has 3 heteroatoms. The minimum Gasteiger partial charge on any atom is -0.353 e. The Morgan fingerprint density at radius 1 is 0.810 bits per heavy atom. The summed E-state index contributed by atoms with van der Waals surface area (Å²) in [4.78, 5) is 10.3. The van der Waals surface area contributed by atoms with Crippen LogP contribution in [0.15, 0.2) is 12.7 Å². The Hall–Kier alpha value is -0.830. The molecule has 2 N–H and O–H groups in total. The van der Waals surface area contributed by atoms with E-state index in [1.807, 2.05) is 6.92 Å². The van der Waals surface area contributed by atoms with Crippen molar-refractivity contribution in [1.82, 2.24) is 10.6 Å². The molecule has 0 bridgehead atoms. The quantitative estimate of drug-likeness (QED) is 0.390. The van der Waals surface area contributed by atoms with E-state index in [1.165, 1.54) is 70.5 Å². The number of amides is 1. The van der Waals surface area contributed by atoms with E-state index in [2.05, 4.69) is 31.1 Å². The molecule has 0 aromatic rings. The predicted molar refractivity (Wildman–Crippen MR) is 94.7 cm³/mol. The van der Waals surface area contributed by atoms with Gasteiger partial charge in [-0.05, 0) is 38.4 Å². The summed E-state index contributed by atoms with van der Waals surface area (Å²) in [6.45, 7) is 13.0. The Morgan fingerprint density at radius 2 is 1.33 bits per heavy atom. The number of carbonyl (C=O) groups excluding carboxylic acids is 1. The summed E-state index contributed by atoms with van der Waals surface area (Å²) < 4.78 is 0. The number of unbranched alkanes of at least 4 members (excludes halogenated alkanes) is 6. The van der Waals surface area contributed by atoms with Crippen LogP contribution in [0.3, 0.4) is 0 Å². The van der Waals surface area contributed by atoms with Crippen LogP contribution >= 0.6 is 0 Å². The second-order valence-corrected chi connectivity index (χ2v) is 5.37. The molecule has 0 aromatic carbocycles. The van der Waals surface area contributed by atoms with Crippen molar-refractivity contribution in [2.24, 2.45) is 0 Å². The van der Waals surface area contributed by atoms with Gasteiger partial charge in [-0.25, -0.2) is 0 Å². The van der Waals surface area contributed by atoms with Gasteiger partial charge in [0, 0.05) is 6.54 Å². The Kier molecular flexibility index (Phi) is 23.0. The number of hydrogen-bond acceptors (Lipinski definition) is 2. The van der Waals surface area contributed by atoms with Crippen LogP contribution in [0.5, 0.6) is 0 Å². The van der Waals surface area contributed by atoms with Gasteiger partial charge in [-0.1, -0.05) is 65.9 Å². The van der Waals surface area contributed by atoms with Crippen molar-refractivity contribution in [3.05, 3.63) is 12.7 Å². The molecule has 0 aromatic heterocycles. The van der Waals surface area contributed by atoms with Crippen LogP contribution in [0.1, 0.15) is 78.6 Å². The lowest BCUT2D eigenvalue weighted by molar-refractivity contribution is -0.116. The highest BCUT2D eigenvalue weighted by molar-refractivity contribution is 5.86. The molecule has 0 unspecified atom stereocenters. The largest absolute Gasteiger partial charge is 0.353 e. The van der Waals surface area contributed by atoms with Crippen LogP contribution in [0, 0.1) is 0 Å². The molecule has 0 spiro atoms. The van der Waals surface area contributed by atoms with Crippen molar-refractivity contribution >= 4 is 5.91 Å². The molecule has 0 saturated carbocycles. The van der Waals surface area contributed by atoms with Crippen molar-refractivity contribution in [3.8, 4) is 0 Å². The minimum absolute atomic E-state index is 0.0909. The summed E-state index contributed by atoms with van der Waals surface area (Å²) >= 11 is 0. The maximum absolute atomic E-state index is 10.3. The Labute approximate surface area is 133 Å². The fraction of sp³-hybridized carbons (Fsp3) is 0.833. The molecule has 0 aliphatic carbocycles. The molecule has 0 fully saturated rings. The van der Waals surface area contributed by atoms with Gasteiger partial charge in [0.25, 0.3) is 0 Å². The first-order chi connectivity index (χ1) is 10.2. The lowest BCUT2D eigenvalue weighted by atomic mass is 10.2. The number of rotatable bonds is 13. The highest BCUT2D eigenvalue weighted by Crippen LogP contribution is 1.98. The number of nitrogens with one attached hydrogen (secondary N) is 2. The summed E-state index contributed by atoms with van der Waals surface area (Å²) in [5.74, 6) is -0.0909. The van der Waals surface area contributed by atoms with Crippen molar-refractivity contribution in [2.75, 3.05) is 19.6 Å². The monoisotopic (exact) mass is 298 g/mol. The van der Waals surface area contributed by atoms with Gasteiger partial charge in [0.15, 0.2) is 0 Å². The van der Waals surface area contributed by atoms with Gasteiger partial charge in [-0.2, -0.15) is 0 Å². The van der Waals surface area contributed by atoms with Crippen molar-refractivity contribution in [3.63, 3.8) is 0 Å². The van der Waals surface area contributed by atoms with Crippen LogP contribution in [0.2, 0.25) is 0 Å². The minimum atomic E-state index is -0.0909. The molecule has 0 rings (SSSR count). The third-order valence-corrected chi connectivity index (χ3v) is 3.15. The fourth-order valence-corrected chi connectivity index (χ4v) is 1.80. The second kappa shape index (κ2) is 21.5. The van der Waals surface area contributed by atoms with E-state index in [0.717, 1.165) is 13.0 Å². The predicted octanol–water partition coefficient (Wildman–Crippen LogP) is 4.44. The summed E-state index contributed by atoms with van der Waals surface area (Å²) in [5.41, 5.74) is 0. The van der Waals surface area contributed by atoms with E-state index >= 15 is 0 Å². The molecule has 3 nitrogen and oxygen atoms in total. The summed E-state index contributed by atoms with van der Waals surface area (Å²) in [6.07, 6.45) is 13.3. The zero-order chi connectivity index (χ0) is 16.2. The van der Waals surface area contributed by atoms with E-state index < -0.39 is 0 Å². The highest BCUT2D eigenvalue weighted by atomic mass is 16.1. The van der Waals surface area contributed by atoms with Crippen LogP contribution < -0.4 is 10.6 Å². The highest BCUT2D eigenvalue weighted by Gasteiger charge is 1.89. The molecular weight excluding hydrogens is 260 g/mol. The first kappa shape index (κ1) is 22.5. The van der Waals surface area contributed by atoms with Gasteiger partial charge in [0.1, 0.15) is 0 Å². The first-order valence-corrected chi connectivity index (χ1v) is 8.83. The zero-order valence-electron chi connectivity index (χ0n) is 14.7. The summed E-state index contributed by atoms with van der Waals surface area (Å²) in [6, 6.07) is 0. The van der Waals surface area contributed by atoms with Gasteiger partial charge < -0.3 is 10.6 Å². The lowest BCUT2D eigenvalue weighted by Gasteiger charge is -2.03. The smallest absolute Gasteiger partial charge is 0.243 e. The molecular formula is C18H38N2O. The van der Waals surface area contributed by atoms with E-state index in [-0.39, 0.29) is 5.91 Å². The van der Waals surface area contributed by atoms with Crippen molar-refractivity contribution in [1.29, 1.82) is 0 Å². The Bertz CT molecular complexity index is 207. The molecule has 0 radical (unpaired) electrons. The summed E-state index contributed by atoms with van der Waals surface area (Å²) in [7, 11) is 0. The third-order valence-electron chi connectivity index (χ3n) is 3.15. The molecule has 0 aliphatic rings.